The van der Waals surface area contributed by atoms with Crippen molar-refractivity contribution in [3.8, 4) is 0 Å². The van der Waals surface area contributed by atoms with Gasteiger partial charge in [-0.15, -0.1) is 0 Å². The van der Waals surface area contributed by atoms with Crippen molar-refractivity contribution in [2.75, 3.05) is 6.54 Å². The minimum absolute atomic E-state index is 0.0752. The molecule has 0 bridgehead atoms. The number of alkyl halides is 1. The van der Waals surface area contributed by atoms with Crippen LogP contribution in [-0.2, 0) is 0 Å². The third-order valence-electron chi connectivity index (χ3n) is 3.86. The zero-order valence-corrected chi connectivity index (χ0v) is 12.8. The zero-order chi connectivity index (χ0) is 13.9. The predicted octanol–water partition coefficient (Wildman–Crippen LogP) is 3.53. The van der Waals surface area contributed by atoms with Crippen LogP contribution in [0.5, 0.6) is 0 Å². The maximum atomic E-state index is 12.1. The van der Waals surface area contributed by atoms with E-state index < -0.39 is 0 Å². The van der Waals surface area contributed by atoms with Crippen molar-refractivity contribution in [1.82, 2.24) is 10.3 Å². The third kappa shape index (κ3) is 3.01. The number of fused-ring (bicyclic) bond motifs is 1. The average molecular weight is 333 g/mol. The molecule has 1 saturated carbocycles. The molecular weight excluding hydrogens is 316 g/mol. The van der Waals surface area contributed by atoms with Gasteiger partial charge in [0.05, 0.1) is 5.52 Å². The summed E-state index contributed by atoms with van der Waals surface area (Å²) in [5.41, 5.74) is 1.36. The molecule has 0 spiro atoms. The van der Waals surface area contributed by atoms with Gasteiger partial charge in [-0.2, -0.15) is 0 Å². The van der Waals surface area contributed by atoms with E-state index in [0.29, 0.717) is 16.4 Å². The number of hydrogen-bond acceptors (Lipinski definition) is 2. The van der Waals surface area contributed by atoms with Crippen molar-refractivity contribution in [2.45, 2.75) is 24.1 Å². The Hall–Kier alpha value is -1.42. The highest BCUT2D eigenvalue weighted by atomic mass is 79.9. The summed E-state index contributed by atoms with van der Waals surface area (Å²) in [5.74, 6) is 0.512. The van der Waals surface area contributed by atoms with Crippen molar-refractivity contribution >= 4 is 32.7 Å². The lowest BCUT2D eigenvalue weighted by atomic mass is 10.1. The van der Waals surface area contributed by atoms with Crippen LogP contribution < -0.4 is 5.32 Å². The molecule has 1 heterocycles. The van der Waals surface area contributed by atoms with Gasteiger partial charge in [0.2, 0.25) is 0 Å². The van der Waals surface area contributed by atoms with Gasteiger partial charge in [-0.3, -0.25) is 4.79 Å². The van der Waals surface area contributed by atoms with Gasteiger partial charge in [0.15, 0.2) is 0 Å². The van der Waals surface area contributed by atoms with Crippen LogP contribution in [0.2, 0.25) is 0 Å². The molecule has 1 aromatic heterocycles. The second-order valence-corrected chi connectivity index (χ2v) is 6.67. The number of halogens is 1. The van der Waals surface area contributed by atoms with E-state index in [1.165, 1.54) is 12.8 Å². The summed E-state index contributed by atoms with van der Waals surface area (Å²) in [4.78, 5) is 17.2. The first-order chi connectivity index (χ1) is 9.72. The van der Waals surface area contributed by atoms with Crippen LogP contribution in [0.1, 0.15) is 29.8 Å². The van der Waals surface area contributed by atoms with E-state index in [0.717, 1.165) is 23.9 Å². The number of pyridine rings is 1. The van der Waals surface area contributed by atoms with Crippen LogP contribution in [0, 0.1) is 5.92 Å². The maximum Gasteiger partial charge on any atom is 0.269 e. The van der Waals surface area contributed by atoms with Gasteiger partial charge in [0.25, 0.3) is 5.91 Å². The molecule has 0 aliphatic heterocycles. The van der Waals surface area contributed by atoms with Crippen LogP contribution in [0.4, 0.5) is 0 Å². The van der Waals surface area contributed by atoms with E-state index in [2.05, 4.69) is 26.2 Å². The van der Waals surface area contributed by atoms with Crippen LogP contribution in [0.15, 0.2) is 36.4 Å². The van der Waals surface area contributed by atoms with Crippen molar-refractivity contribution in [2.24, 2.45) is 5.92 Å². The Labute approximate surface area is 126 Å². The Morgan fingerprint density at radius 3 is 2.90 bits per heavy atom. The fourth-order valence-electron chi connectivity index (χ4n) is 2.72. The van der Waals surface area contributed by atoms with Crippen LogP contribution in [0.3, 0.4) is 0 Å². The molecule has 1 amide bonds. The van der Waals surface area contributed by atoms with Crippen LogP contribution in [-0.4, -0.2) is 22.3 Å². The summed E-state index contributed by atoms with van der Waals surface area (Å²) in [6.07, 6.45) is 3.53. The molecule has 20 heavy (non-hydrogen) atoms. The van der Waals surface area contributed by atoms with E-state index >= 15 is 0 Å². The Morgan fingerprint density at radius 2 is 2.10 bits per heavy atom. The largest absolute Gasteiger partial charge is 0.350 e. The van der Waals surface area contributed by atoms with Gasteiger partial charge in [0, 0.05) is 16.8 Å². The van der Waals surface area contributed by atoms with Gasteiger partial charge in [-0.1, -0.05) is 40.2 Å². The van der Waals surface area contributed by atoms with Gasteiger partial charge in [-0.25, -0.2) is 4.98 Å². The molecule has 1 fully saturated rings. The molecule has 2 atom stereocenters. The predicted molar refractivity (Wildman–Crippen MR) is 84.1 cm³/mol. The maximum absolute atomic E-state index is 12.1. The van der Waals surface area contributed by atoms with Gasteiger partial charge < -0.3 is 5.32 Å². The minimum atomic E-state index is -0.0752. The molecule has 0 radical (unpaired) electrons. The lowest BCUT2D eigenvalue weighted by Crippen LogP contribution is -2.29. The smallest absolute Gasteiger partial charge is 0.269 e. The van der Waals surface area contributed by atoms with E-state index in [4.69, 9.17) is 0 Å². The van der Waals surface area contributed by atoms with Crippen molar-refractivity contribution in [3.05, 3.63) is 42.1 Å². The number of amides is 1. The summed E-state index contributed by atoms with van der Waals surface area (Å²) in [7, 11) is 0. The summed E-state index contributed by atoms with van der Waals surface area (Å²) < 4.78 is 0. The normalized spacial score (nSPS) is 22.1. The number of para-hydroxylation sites is 1. The van der Waals surface area contributed by atoms with E-state index in [-0.39, 0.29) is 5.91 Å². The van der Waals surface area contributed by atoms with E-state index in [1.54, 1.807) is 6.07 Å². The molecule has 1 aromatic carbocycles. The molecule has 1 aliphatic carbocycles. The summed E-state index contributed by atoms with van der Waals surface area (Å²) in [5, 5.41) is 4.06. The molecule has 0 saturated heterocycles. The Kier molecular flexibility index (Phi) is 4.01. The number of hydrogen-bond donors (Lipinski definition) is 1. The molecule has 1 N–H and O–H groups in total. The van der Waals surface area contributed by atoms with E-state index in [9.17, 15) is 4.79 Å². The number of benzene rings is 1. The molecule has 2 aromatic rings. The second kappa shape index (κ2) is 5.92. The summed E-state index contributed by atoms with van der Waals surface area (Å²) in [6, 6.07) is 11.6. The molecule has 3 nitrogen and oxygen atoms in total. The first-order valence-electron chi connectivity index (χ1n) is 7.00. The zero-order valence-electron chi connectivity index (χ0n) is 11.2. The highest BCUT2D eigenvalue weighted by Crippen LogP contribution is 2.30. The fourth-order valence-corrected chi connectivity index (χ4v) is 3.51. The molecule has 104 valence electrons. The number of carbonyl (C=O) groups excluding carboxylic acids is 1. The van der Waals surface area contributed by atoms with Gasteiger partial charge in [0.1, 0.15) is 5.69 Å². The van der Waals surface area contributed by atoms with Crippen molar-refractivity contribution in [1.29, 1.82) is 0 Å². The summed E-state index contributed by atoms with van der Waals surface area (Å²) in [6.45, 7) is 0.745. The first-order valence-corrected chi connectivity index (χ1v) is 7.92. The second-order valence-electron chi connectivity index (χ2n) is 5.38. The van der Waals surface area contributed by atoms with Crippen LogP contribution in [0.25, 0.3) is 10.9 Å². The number of nitrogens with zero attached hydrogens (tertiary/aromatic N) is 1. The van der Waals surface area contributed by atoms with Crippen molar-refractivity contribution < 1.29 is 4.79 Å². The standard InChI is InChI=1S/C16H17BrN2O/c17-13-7-5-11(9-13)10-18-16(20)15-8-6-12-3-1-2-4-14(12)19-15/h1-4,6,8,11,13H,5,7,9-10H2,(H,18,20). The van der Waals surface area contributed by atoms with Gasteiger partial charge >= 0.3 is 0 Å². The Balaban J connectivity index is 1.66. The summed E-state index contributed by atoms with van der Waals surface area (Å²) >= 11 is 3.63. The number of nitrogens with one attached hydrogen (secondary N) is 1. The lowest BCUT2D eigenvalue weighted by Gasteiger charge is -2.10. The molecule has 3 rings (SSSR count). The van der Waals surface area contributed by atoms with E-state index in [1.807, 2.05) is 30.3 Å². The lowest BCUT2D eigenvalue weighted by molar-refractivity contribution is 0.0943. The highest BCUT2D eigenvalue weighted by molar-refractivity contribution is 9.09. The third-order valence-corrected chi connectivity index (χ3v) is 4.69. The monoisotopic (exact) mass is 332 g/mol. The van der Waals surface area contributed by atoms with Crippen molar-refractivity contribution in [3.63, 3.8) is 0 Å². The average Bonchev–Trinajstić information content (AvgIpc) is 2.90. The number of carbonyl (C=O) groups is 1. The Bertz CT molecular complexity index is 629. The van der Waals surface area contributed by atoms with Crippen LogP contribution >= 0.6 is 15.9 Å². The molecule has 4 heteroatoms. The SMILES string of the molecule is O=C(NCC1CCC(Br)C1)c1ccc2ccccc2n1. The molecular formula is C16H17BrN2O. The quantitative estimate of drug-likeness (QED) is 0.873. The number of aromatic nitrogens is 1. The first kappa shape index (κ1) is 13.6. The number of rotatable bonds is 3. The van der Waals surface area contributed by atoms with Gasteiger partial charge in [-0.05, 0) is 37.3 Å². The minimum Gasteiger partial charge on any atom is -0.350 e. The highest BCUT2D eigenvalue weighted by Gasteiger charge is 2.23. The topological polar surface area (TPSA) is 42.0 Å². The molecule has 2 unspecified atom stereocenters. The molecule has 1 aliphatic rings. The Morgan fingerprint density at radius 1 is 1.25 bits per heavy atom. The fraction of sp³-hybridized carbons (Fsp3) is 0.375.